The zero-order chi connectivity index (χ0) is 21.7. The SMILES string of the molecule is O=C(CN1C(=O)COc2ccccc21)NCC(O)COc1cccc(C(F)(F)F)c1. The lowest BCUT2D eigenvalue weighted by Gasteiger charge is -2.28. The van der Waals surface area contributed by atoms with Crippen LogP contribution in [0.3, 0.4) is 0 Å². The van der Waals surface area contributed by atoms with E-state index in [-0.39, 0.29) is 38.0 Å². The number of rotatable bonds is 7. The van der Waals surface area contributed by atoms with Crippen LogP contribution in [0.2, 0.25) is 0 Å². The first-order valence-corrected chi connectivity index (χ1v) is 9.01. The van der Waals surface area contributed by atoms with E-state index in [1.54, 1.807) is 24.3 Å². The van der Waals surface area contributed by atoms with Crippen LogP contribution in [0.15, 0.2) is 48.5 Å². The first kappa shape index (κ1) is 21.4. The number of ether oxygens (including phenoxy) is 2. The molecule has 0 aromatic heterocycles. The Kier molecular flexibility index (Phi) is 6.46. The van der Waals surface area contributed by atoms with Crippen molar-refractivity contribution in [1.82, 2.24) is 5.32 Å². The summed E-state index contributed by atoms with van der Waals surface area (Å²) < 4.78 is 48.6. The number of hydrogen-bond acceptors (Lipinski definition) is 5. The molecule has 1 unspecified atom stereocenters. The molecule has 30 heavy (non-hydrogen) atoms. The molecule has 1 atom stereocenters. The molecular formula is C20H19F3N2O5. The van der Waals surface area contributed by atoms with Crippen LogP contribution in [-0.2, 0) is 15.8 Å². The topological polar surface area (TPSA) is 88.1 Å². The first-order chi connectivity index (χ1) is 14.2. The van der Waals surface area contributed by atoms with Gasteiger partial charge in [-0.15, -0.1) is 0 Å². The minimum atomic E-state index is -4.50. The summed E-state index contributed by atoms with van der Waals surface area (Å²) in [6.45, 7) is -0.961. The van der Waals surface area contributed by atoms with Crippen LogP contribution in [0.1, 0.15) is 5.56 Å². The lowest BCUT2D eigenvalue weighted by molar-refractivity contribution is -0.137. The number of amides is 2. The molecule has 2 aromatic carbocycles. The molecule has 0 aliphatic carbocycles. The Bertz CT molecular complexity index is 919. The second-order valence-corrected chi connectivity index (χ2v) is 6.53. The van der Waals surface area contributed by atoms with E-state index in [1.807, 2.05) is 0 Å². The Balaban J connectivity index is 1.48. The zero-order valence-corrected chi connectivity index (χ0v) is 15.7. The molecule has 0 saturated carbocycles. The zero-order valence-electron chi connectivity index (χ0n) is 15.7. The van der Waals surface area contributed by atoms with Crippen LogP contribution < -0.4 is 19.7 Å². The summed E-state index contributed by atoms with van der Waals surface area (Å²) >= 11 is 0. The second kappa shape index (κ2) is 9.04. The van der Waals surface area contributed by atoms with Crippen LogP contribution in [0.25, 0.3) is 0 Å². The molecule has 10 heteroatoms. The van der Waals surface area contributed by atoms with Gasteiger partial charge in [-0.1, -0.05) is 18.2 Å². The normalized spacial score (nSPS) is 14.5. The third kappa shape index (κ3) is 5.41. The summed E-state index contributed by atoms with van der Waals surface area (Å²) in [5.41, 5.74) is -0.393. The number of aliphatic hydroxyl groups excluding tert-OH is 1. The number of halogens is 3. The standard InChI is InChI=1S/C20H19F3N2O5/c21-20(22,23)13-4-3-5-15(8-13)29-11-14(26)9-24-18(27)10-25-16-6-1-2-7-17(16)30-12-19(25)28/h1-8,14,26H,9-12H2,(H,24,27). The van der Waals surface area contributed by atoms with Crippen LogP contribution in [0.4, 0.5) is 18.9 Å². The fourth-order valence-electron chi connectivity index (χ4n) is 2.77. The van der Waals surface area contributed by atoms with Crippen LogP contribution in [-0.4, -0.2) is 49.3 Å². The molecule has 1 aliphatic rings. The maximum absolute atomic E-state index is 12.7. The Labute approximate surface area is 170 Å². The van der Waals surface area contributed by atoms with Crippen molar-refractivity contribution in [2.45, 2.75) is 12.3 Å². The summed E-state index contributed by atoms with van der Waals surface area (Å²) in [5.74, 6) is -0.458. The first-order valence-electron chi connectivity index (χ1n) is 9.01. The summed E-state index contributed by atoms with van der Waals surface area (Å²) in [6.07, 6.45) is -5.65. The summed E-state index contributed by atoms with van der Waals surface area (Å²) in [6, 6.07) is 11.1. The molecule has 0 radical (unpaired) electrons. The number of benzene rings is 2. The van der Waals surface area contributed by atoms with Gasteiger partial charge in [-0.2, -0.15) is 13.2 Å². The average Bonchev–Trinajstić information content (AvgIpc) is 2.72. The molecule has 2 N–H and O–H groups in total. The van der Waals surface area contributed by atoms with Crippen molar-refractivity contribution in [3.05, 3.63) is 54.1 Å². The summed E-state index contributed by atoms with van der Waals surface area (Å²) in [5, 5.41) is 12.4. The maximum atomic E-state index is 12.7. The van der Waals surface area contributed by atoms with Gasteiger partial charge in [0.1, 0.15) is 30.8 Å². The van der Waals surface area contributed by atoms with Crippen molar-refractivity contribution in [3.63, 3.8) is 0 Å². The number of anilines is 1. The van der Waals surface area contributed by atoms with E-state index in [2.05, 4.69) is 5.32 Å². The minimum absolute atomic E-state index is 0.0503. The Morgan fingerprint density at radius 2 is 2.00 bits per heavy atom. The number of nitrogens with one attached hydrogen (secondary N) is 1. The van der Waals surface area contributed by atoms with Crippen LogP contribution in [0.5, 0.6) is 11.5 Å². The molecule has 7 nitrogen and oxygen atoms in total. The number of nitrogens with zero attached hydrogens (tertiary/aromatic N) is 1. The van der Waals surface area contributed by atoms with Gasteiger partial charge in [0.15, 0.2) is 6.61 Å². The van der Waals surface area contributed by atoms with Gasteiger partial charge in [-0.05, 0) is 30.3 Å². The van der Waals surface area contributed by atoms with Crippen LogP contribution >= 0.6 is 0 Å². The smallest absolute Gasteiger partial charge is 0.416 e. The summed E-state index contributed by atoms with van der Waals surface area (Å²) in [4.78, 5) is 25.5. The molecule has 0 spiro atoms. The molecule has 0 bridgehead atoms. The third-order valence-corrected chi connectivity index (χ3v) is 4.25. The monoisotopic (exact) mass is 424 g/mol. The van der Waals surface area contributed by atoms with E-state index in [0.29, 0.717) is 11.4 Å². The molecule has 1 aliphatic heterocycles. The molecule has 2 aromatic rings. The molecule has 160 valence electrons. The van der Waals surface area contributed by atoms with Crippen molar-refractivity contribution in [1.29, 1.82) is 0 Å². The number of para-hydroxylation sites is 2. The number of aliphatic hydroxyl groups is 1. The van der Waals surface area contributed by atoms with Crippen molar-refractivity contribution in [2.24, 2.45) is 0 Å². The van der Waals surface area contributed by atoms with E-state index in [4.69, 9.17) is 9.47 Å². The lowest BCUT2D eigenvalue weighted by Crippen LogP contribution is -2.46. The summed E-state index contributed by atoms with van der Waals surface area (Å²) in [7, 11) is 0. The largest absolute Gasteiger partial charge is 0.491 e. The van der Waals surface area contributed by atoms with Gasteiger partial charge in [-0.25, -0.2) is 0 Å². The number of hydrogen-bond donors (Lipinski definition) is 2. The Morgan fingerprint density at radius 1 is 1.23 bits per heavy atom. The van der Waals surface area contributed by atoms with Crippen molar-refractivity contribution >= 4 is 17.5 Å². The van der Waals surface area contributed by atoms with Gasteiger partial charge in [0, 0.05) is 6.54 Å². The number of fused-ring (bicyclic) bond motifs is 1. The number of carbonyl (C=O) groups is 2. The van der Waals surface area contributed by atoms with Gasteiger partial charge in [0.25, 0.3) is 5.91 Å². The highest BCUT2D eigenvalue weighted by molar-refractivity contribution is 6.02. The fourth-order valence-corrected chi connectivity index (χ4v) is 2.77. The van der Waals surface area contributed by atoms with E-state index in [1.165, 1.54) is 17.0 Å². The molecule has 1 heterocycles. The van der Waals surface area contributed by atoms with E-state index in [0.717, 1.165) is 12.1 Å². The predicted octanol–water partition coefficient (Wildman–Crippen LogP) is 1.99. The Hall–Kier alpha value is -3.27. The quantitative estimate of drug-likeness (QED) is 0.710. The van der Waals surface area contributed by atoms with Gasteiger partial charge >= 0.3 is 6.18 Å². The molecule has 2 amide bonds. The minimum Gasteiger partial charge on any atom is -0.491 e. The highest BCUT2D eigenvalue weighted by atomic mass is 19.4. The van der Waals surface area contributed by atoms with E-state index in [9.17, 15) is 27.9 Å². The second-order valence-electron chi connectivity index (χ2n) is 6.53. The predicted molar refractivity (Wildman–Crippen MR) is 100 cm³/mol. The van der Waals surface area contributed by atoms with Crippen molar-refractivity contribution in [3.8, 4) is 11.5 Å². The van der Waals surface area contributed by atoms with Crippen molar-refractivity contribution in [2.75, 3.05) is 31.2 Å². The van der Waals surface area contributed by atoms with Gasteiger partial charge in [-0.3, -0.25) is 14.5 Å². The van der Waals surface area contributed by atoms with Gasteiger partial charge in [0.05, 0.1) is 11.3 Å². The lowest BCUT2D eigenvalue weighted by atomic mass is 10.2. The number of carbonyl (C=O) groups excluding carboxylic acids is 2. The molecule has 0 saturated heterocycles. The molecule has 0 fully saturated rings. The van der Waals surface area contributed by atoms with Crippen LogP contribution in [0, 0.1) is 0 Å². The maximum Gasteiger partial charge on any atom is 0.416 e. The number of alkyl halides is 3. The molecule has 3 rings (SSSR count). The highest BCUT2D eigenvalue weighted by Crippen LogP contribution is 2.32. The van der Waals surface area contributed by atoms with Gasteiger partial charge in [0.2, 0.25) is 5.91 Å². The Morgan fingerprint density at radius 3 is 2.77 bits per heavy atom. The third-order valence-electron chi connectivity index (χ3n) is 4.25. The highest BCUT2D eigenvalue weighted by Gasteiger charge is 2.30. The van der Waals surface area contributed by atoms with Crippen molar-refractivity contribution < 1.29 is 37.3 Å². The van der Waals surface area contributed by atoms with E-state index < -0.39 is 23.8 Å². The van der Waals surface area contributed by atoms with E-state index >= 15 is 0 Å². The average molecular weight is 424 g/mol. The van der Waals surface area contributed by atoms with Gasteiger partial charge < -0.3 is 19.9 Å². The molecular weight excluding hydrogens is 405 g/mol. The fraction of sp³-hybridized carbons (Fsp3) is 0.300.